The monoisotopic (exact) mass is 356 g/mol. The highest BCUT2D eigenvalue weighted by Gasteiger charge is 2.35. The van der Waals surface area contributed by atoms with Crippen molar-refractivity contribution in [2.75, 3.05) is 52.9 Å². The Bertz CT molecular complexity index is 559. The predicted molar refractivity (Wildman–Crippen MR) is 102 cm³/mol. The van der Waals surface area contributed by atoms with E-state index < -0.39 is 0 Å². The normalized spacial score (nSPS) is 20.2. The van der Waals surface area contributed by atoms with Gasteiger partial charge in [0.1, 0.15) is 0 Å². The zero-order chi connectivity index (χ0) is 17.9. The van der Waals surface area contributed by atoms with Gasteiger partial charge >= 0.3 is 0 Å². The van der Waals surface area contributed by atoms with Crippen molar-refractivity contribution in [3.63, 3.8) is 0 Å². The van der Waals surface area contributed by atoms with Crippen LogP contribution in [0.3, 0.4) is 0 Å². The second-order valence-corrected chi connectivity index (χ2v) is 6.50. The van der Waals surface area contributed by atoms with Gasteiger partial charge < -0.3 is 18.9 Å². The molecule has 0 aliphatic carbocycles. The molecule has 1 aliphatic heterocycles. The molecule has 3 rings (SSSR count). The summed E-state index contributed by atoms with van der Waals surface area (Å²) in [5, 5.41) is 0. The topological polar surface area (TPSA) is 36.9 Å². The molecule has 0 saturated carbocycles. The lowest BCUT2D eigenvalue weighted by Crippen LogP contribution is -2.39. The molecule has 1 saturated heterocycles. The van der Waals surface area contributed by atoms with Crippen LogP contribution in [-0.4, -0.2) is 52.9 Å². The van der Waals surface area contributed by atoms with Gasteiger partial charge in [-0.25, -0.2) is 0 Å². The minimum Gasteiger partial charge on any atom is -0.379 e. The third-order valence-electron chi connectivity index (χ3n) is 4.67. The van der Waals surface area contributed by atoms with Gasteiger partial charge in [0.15, 0.2) is 0 Å². The molecule has 4 nitrogen and oxygen atoms in total. The summed E-state index contributed by atoms with van der Waals surface area (Å²) in [6.07, 6.45) is 0.901. The van der Waals surface area contributed by atoms with Crippen molar-refractivity contribution in [1.82, 2.24) is 0 Å². The first-order valence-electron chi connectivity index (χ1n) is 9.34. The number of ether oxygens (including phenoxy) is 4. The van der Waals surface area contributed by atoms with Crippen molar-refractivity contribution >= 4 is 0 Å². The number of rotatable bonds is 2. The average molecular weight is 356 g/mol. The van der Waals surface area contributed by atoms with Crippen LogP contribution in [0.15, 0.2) is 60.7 Å². The molecular weight excluding hydrogens is 328 g/mol. The van der Waals surface area contributed by atoms with Crippen LogP contribution in [-0.2, 0) is 24.4 Å². The standard InChI is InChI=1S/C22H28O4/c1-3-8-20(9-4-1)22(21-10-5-2-6-11-21)18-25-16-14-23-12-7-13-24-15-17-26-19-22/h1-6,8-11H,7,12-19H2. The zero-order valence-electron chi connectivity index (χ0n) is 15.3. The van der Waals surface area contributed by atoms with Gasteiger partial charge in [-0.3, -0.25) is 0 Å². The SMILES string of the molecule is c1ccc(C2(c3ccccc3)COCCOCCCOCCOC2)cc1. The minimum atomic E-state index is -0.355. The lowest BCUT2D eigenvalue weighted by atomic mass is 9.75. The maximum atomic E-state index is 6.07. The Hall–Kier alpha value is -1.72. The maximum Gasteiger partial charge on any atom is 0.0701 e. The van der Waals surface area contributed by atoms with Gasteiger partial charge in [-0.15, -0.1) is 0 Å². The fourth-order valence-electron chi connectivity index (χ4n) is 3.25. The summed E-state index contributed by atoms with van der Waals surface area (Å²) in [5.41, 5.74) is 2.03. The van der Waals surface area contributed by atoms with Crippen molar-refractivity contribution in [2.45, 2.75) is 11.8 Å². The second-order valence-electron chi connectivity index (χ2n) is 6.50. The van der Waals surface area contributed by atoms with Crippen LogP contribution in [0.4, 0.5) is 0 Å². The van der Waals surface area contributed by atoms with Gasteiger partial charge in [0, 0.05) is 13.2 Å². The summed E-state index contributed by atoms with van der Waals surface area (Å²) in [4.78, 5) is 0. The third-order valence-corrected chi connectivity index (χ3v) is 4.67. The van der Waals surface area contributed by atoms with E-state index in [-0.39, 0.29) is 5.41 Å². The smallest absolute Gasteiger partial charge is 0.0701 e. The molecule has 0 amide bonds. The molecule has 1 fully saturated rings. The molecule has 1 aliphatic rings. The van der Waals surface area contributed by atoms with Crippen molar-refractivity contribution in [1.29, 1.82) is 0 Å². The molecule has 0 bridgehead atoms. The fourth-order valence-corrected chi connectivity index (χ4v) is 3.25. The van der Waals surface area contributed by atoms with Crippen LogP contribution in [0.5, 0.6) is 0 Å². The zero-order valence-corrected chi connectivity index (χ0v) is 15.3. The van der Waals surface area contributed by atoms with Crippen molar-refractivity contribution < 1.29 is 18.9 Å². The lowest BCUT2D eigenvalue weighted by Gasteiger charge is -2.35. The highest BCUT2D eigenvalue weighted by atomic mass is 16.5. The van der Waals surface area contributed by atoms with Gasteiger partial charge in [0.05, 0.1) is 45.1 Å². The van der Waals surface area contributed by atoms with Gasteiger partial charge in [0.25, 0.3) is 0 Å². The Morgan fingerprint density at radius 1 is 0.500 bits per heavy atom. The second kappa shape index (κ2) is 10.4. The Morgan fingerprint density at radius 3 is 1.38 bits per heavy atom. The average Bonchev–Trinajstić information content (AvgIpc) is 2.71. The molecule has 26 heavy (non-hydrogen) atoms. The van der Waals surface area contributed by atoms with Crippen LogP contribution in [0, 0.1) is 0 Å². The molecule has 1 heterocycles. The molecular formula is C22H28O4. The Balaban J connectivity index is 1.86. The van der Waals surface area contributed by atoms with E-state index in [1.54, 1.807) is 0 Å². The van der Waals surface area contributed by atoms with E-state index in [0.29, 0.717) is 52.9 Å². The summed E-state index contributed by atoms with van der Waals surface area (Å²) >= 11 is 0. The molecule has 140 valence electrons. The van der Waals surface area contributed by atoms with E-state index in [9.17, 15) is 0 Å². The molecule has 0 spiro atoms. The van der Waals surface area contributed by atoms with E-state index in [4.69, 9.17) is 18.9 Å². The Kier molecular flexibility index (Phi) is 7.65. The largest absolute Gasteiger partial charge is 0.379 e. The van der Waals surface area contributed by atoms with E-state index in [1.165, 1.54) is 11.1 Å². The Labute approximate surface area is 156 Å². The molecule has 0 N–H and O–H groups in total. The summed E-state index contributed by atoms with van der Waals surface area (Å²) in [5.74, 6) is 0. The number of benzene rings is 2. The highest BCUT2D eigenvalue weighted by Crippen LogP contribution is 2.33. The van der Waals surface area contributed by atoms with Gasteiger partial charge in [-0.2, -0.15) is 0 Å². The van der Waals surface area contributed by atoms with Crippen LogP contribution >= 0.6 is 0 Å². The number of hydrogen-bond donors (Lipinski definition) is 0. The van der Waals surface area contributed by atoms with Crippen LogP contribution < -0.4 is 0 Å². The van der Waals surface area contributed by atoms with Gasteiger partial charge in [-0.05, 0) is 17.5 Å². The van der Waals surface area contributed by atoms with E-state index in [2.05, 4.69) is 48.5 Å². The summed E-state index contributed by atoms with van der Waals surface area (Å²) in [6.45, 7) is 4.83. The Morgan fingerprint density at radius 2 is 0.923 bits per heavy atom. The molecule has 0 unspecified atom stereocenters. The van der Waals surface area contributed by atoms with Gasteiger partial charge in [0.2, 0.25) is 0 Å². The summed E-state index contributed by atoms with van der Waals surface area (Å²) in [7, 11) is 0. The van der Waals surface area contributed by atoms with E-state index in [1.807, 2.05) is 12.1 Å². The first-order chi connectivity index (χ1) is 12.9. The fraction of sp³-hybridized carbons (Fsp3) is 0.455. The molecule has 0 aromatic heterocycles. The molecule has 0 atom stereocenters. The minimum absolute atomic E-state index is 0.355. The number of hydrogen-bond acceptors (Lipinski definition) is 4. The summed E-state index contributed by atoms with van der Waals surface area (Å²) < 4.78 is 23.4. The predicted octanol–water partition coefficient (Wildman–Crippen LogP) is 3.44. The summed E-state index contributed by atoms with van der Waals surface area (Å²) in [6, 6.07) is 20.9. The third kappa shape index (κ3) is 5.15. The first kappa shape index (κ1) is 19.1. The van der Waals surface area contributed by atoms with Crippen molar-refractivity contribution in [3.8, 4) is 0 Å². The van der Waals surface area contributed by atoms with Crippen molar-refractivity contribution in [3.05, 3.63) is 71.8 Å². The van der Waals surface area contributed by atoms with Crippen LogP contribution in [0.2, 0.25) is 0 Å². The van der Waals surface area contributed by atoms with E-state index in [0.717, 1.165) is 6.42 Å². The lowest BCUT2D eigenvalue weighted by molar-refractivity contribution is -0.0198. The molecule has 2 aromatic carbocycles. The molecule has 0 radical (unpaired) electrons. The van der Waals surface area contributed by atoms with Crippen LogP contribution in [0.1, 0.15) is 17.5 Å². The first-order valence-corrected chi connectivity index (χ1v) is 9.34. The highest BCUT2D eigenvalue weighted by molar-refractivity contribution is 5.39. The van der Waals surface area contributed by atoms with Crippen molar-refractivity contribution in [2.24, 2.45) is 0 Å². The maximum absolute atomic E-state index is 6.07. The molecule has 4 heteroatoms. The van der Waals surface area contributed by atoms with Gasteiger partial charge in [-0.1, -0.05) is 60.7 Å². The molecule has 2 aromatic rings. The quantitative estimate of drug-likeness (QED) is 0.826. The van der Waals surface area contributed by atoms with Crippen LogP contribution in [0.25, 0.3) is 0 Å². The van der Waals surface area contributed by atoms with E-state index >= 15 is 0 Å².